The van der Waals surface area contributed by atoms with Gasteiger partial charge in [-0.25, -0.2) is 10.8 Å². The molecule has 1 rings (SSSR count). The Morgan fingerprint density at radius 1 is 1.44 bits per heavy atom. The van der Waals surface area contributed by atoms with Gasteiger partial charge >= 0.3 is 0 Å². The molecule has 0 aromatic carbocycles. The second-order valence-corrected chi connectivity index (χ2v) is 5.33. The Hall–Kier alpha value is -0.810. The van der Waals surface area contributed by atoms with Gasteiger partial charge in [-0.05, 0) is 18.8 Å². The van der Waals surface area contributed by atoms with E-state index in [1.54, 1.807) is 7.11 Å². The maximum absolute atomic E-state index is 5.64. The average Bonchev–Trinajstić information content (AvgIpc) is 2.86. The first-order chi connectivity index (χ1) is 8.69. The Balaban J connectivity index is 2.67. The fourth-order valence-corrected chi connectivity index (χ4v) is 2.48. The summed E-state index contributed by atoms with van der Waals surface area (Å²) < 4.78 is 5.03. The number of ether oxygens (including phenoxy) is 1. The van der Waals surface area contributed by atoms with Crippen molar-refractivity contribution in [3.8, 4) is 0 Å². The van der Waals surface area contributed by atoms with Gasteiger partial charge in [0, 0.05) is 19.7 Å². The standard InChI is InChI=1S/C13H28N4O/c1-11(2)10-17(12-6-4-5-7-12)13(16-14)15-8-9-18-3/h11-12H,4-10,14H2,1-3H3,(H,15,16). The van der Waals surface area contributed by atoms with Gasteiger partial charge in [0.1, 0.15) is 0 Å². The van der Waals surface area contributed by atoms with Gasteiger partial charge in [0.2, 0.25) is 5.96 Å². The van der Waals surface area contributed by atoms with Crippen molar-refractivity contribution in [3.63, 3.8) is 0 Å². The molecule has 0 aromatic rings. The Kier molecular flexibility index (Phi) is 7.05. The Bertz CT molecular complexity index is 249. The first-order valence-corrected chi connectivity index (χ1v) is 6.95. The maximum atomic E-state index is 5.64. The van der Waals surface area contributed by atoms with Crippen LogP contribution in [-0.2, 0) is 4.74 Å². The molecule has 0 radical (unpaired) electrons. The molecule has 0 aromatic heterocycles. The molecule has 5 nitrogen and oxygen atoms in total. The molecule has 18 heavy (non-hydrogen) atoms. The Labute approximate surface area is 111 Å². The van der Waals surface area contributed by atoms with Crippen molar-refractivity contribution in [1.82, 2.24) is 10.3 Å². The van der Waals surface area contributed by atoms with E-state index in [4.69, 9.17) is 10.6 Å². The van der Waals surface area contributed by atoms with Gasteiger partial charge in [-0.3, -0.25) is 5.43 Å². The topological polar surface area (TPSA) is 62.9 Å². The SMILES string of the molecule is COCCN=C(NN)N(CC(C)C)C1CCCC1. The monoisotopic (exact) mass is 256 g/mol. The van der Waals surface area contributed by atoms with Crippen LogP contribution >= 0.6 is 0 Å². The summed E-state index contributed by atoms with van der Waals surface area (Å²) in [6.45, 7) is 6.74. The molecule has 3 N–H and O–H groups in total. The van der Waals surface area contributed by atoms with Crippen LogP contribution in [0.5, 0.6) is 0 Å². The summed E-state index contributed by atoms with van der Waals surface area (Å²) in [5.74, 6) is 7.05. The van der Waals surface area contributed by atoms with Gasteiger partial charge in [-0.15, -0.1) is 0 Å². The van der Waals surface area contributed by atoms with Crippen molar-refractivity contribution in [2.75, 3.05) is 26.8 Å². The summed E-state index contributed by atoms with van der Waals surface area (Å²) in [6, 6.07) is 0.588. The number of nitrogens with zero attached hydrogens (tertiary/aromatic N) is 2. The molecule has 1 aliphatic rings. The molecule has 0 aliphatic heterocycles. The molecule has 0 heterocycles. The fourth-order valence-electron chi connectivity index (χ4n) is 2.48. The summed E-state index contributed by atoms with van der Waals surface area (Å²) in [6.07, 6.45) is 5.12. The van der Waals surface area contributed by atoms with Crippen molar-refractivity contribution >= 4 is 5.96 Å². The van der Waals surface area contributed by atoms with Gasteiger partial charge in [-0.2, -0.15) is 0 Å². The second kappa shape index (κ2) is 8.32. The van der Waals surface area contributed by atoms with E-state index < -0.39 is 0 Å². The normalized spacial score (nSPS) is 17.5. The highest BCUT2D eigenvalue weighted by atomic mass is 16.5. The smallest absolute Gasteiger partial charge is 0.208 e. The van der Waals surface area contributed by atoms with Crippen LogP contribution in [0.2, 0.25) is 0 Å². The van der Waals surface area contributed by atoms with E-state index in [0.717, 1.165) is 12.5 Å². The Morgan fingerprint density at radius 3 is 2.61 bits per heavy atom. The van der Waals surface area contributed by atoms with Crippen LogP contribution in [0.25, 0.3) is 0 Å². The van der Waals surface area contributed by atoms with E-state index in [1.807, 2.05) is 0 Å². The molecule has 1 saturated carbocycles. The highest BCUT2D eigenvalue weighted by Crippen LogP contribution is 2.24. The van der Waals surface area contributed by atoms with Gasteiger partial charge in [-0.1, -0.05) is 26.7 Å². The van der Waals surface area contributed by atoms with E-state index in [2.05, 4.69) is 29.2 Å². The van der Waals surface area contributed by atoms with Crippen molar-refractivity contribution in [2.45, 2.75) is 45.6 Å². The number of nitrogens with two attached hydrogens (primary N) is 1. The molecule has 5 heteroatoms. The summed E-state index contributed by atoms with van der Waals surface area (Å²) in [4.78, 5) is 6.85. The van der Waals surface area contributed by atoms with Gasteiger partial charge < -0.3 is 9.64 Å². The lowest BCUT2D eigenvalue weighted by Crippen LogP contribution is -2.50. The largest absolute Gasteiger partial charge is 0.383 e. The van der Waals surface area contributed by atoms with Crippen LogP contribution in [0, 0.1) is 5.92 Å². The first-order valence-electron chi connectivity index (χ1n) is 6.95. The minimum absolute atomic E-state index is 0.588. The number of guanidine groups is 1. The predicted octanol–water partition coefficient (Wildman–Crippen LogP) is 1.35. The lowest BCUT2D eigenvalue weighted by molar-refractivity contribution is 0.206. The summed E-state index contributed by atoms with van der Waals surface area (Å²) >= 11 is 0. The predicted molar refractivity (Wildman–Crippen MR) is 75.3 cm³/mol. The molecule has 0 saturated heterocycles. The highest BCUT2D eigenvalue weighted by molar-refractivity contribution is 5.79. The summed E-state index contributed by atoms with van der Waals surface area (Å²) in [5.41, 5.74) is 2.76. The molecular formula is C13H28N4O. The quantitative estimate of drug-likeness (QED) is 0.248. The van der Waals surface area contributed by atoms with E-state index in [9.17, 15) is 0 Å². The summed E-state index contributed by atoms with van der Waals surface area (Å²) in [7, 11) is 1.69. The maximum Gasteiger partial charge on any atom is 0.208 e. The zero-order valence-corrected chi connectivity index (χ0v) is 12.0. The fraction of sp³-hybridized carbons (Fsp3) is 0.923. The average molecular weight is 256 g/mol. The molecular weight excluding hydrogens is 228 g/mol. The van der Waals surface area contributed by atoms with E-state index in [0.29, 0.717) is 25.1 Å². The summed E-state index contributed by atoms with van der Waals surface area (Å²) in [5, 5.41) is 0. The van der Waals surface area contributed by atoms with E-state index in [-0.39, 0.29) is 0 Å². The number of hydrogen-bond donors (Lipinski definition) is 2. The van der Waals surface area contributed by atoms with Crippen LogP contribution < -0.4 is 11.3 Å². The first kappa shape index (κ1) is 15.2. The zero-order valence-electron chi connectivity index (χ0n) is 12.0. The number of nitrogens with one attached hydrogen (secondary N) is 1. The highest BCUT2D eigenvalue weighted by Gasteiger charge is 2.25. The molecule has 1 aliphatic carbocycles. The third-order valence-electron chi connectivity index (χ3n) is 3.29. The lowest BCUT2D eigenvalue weighted by atomic mass is 10.1. The zero-order chi connectivity index (χ0) is 13.4. The van der Waals surface area contributed by atoms with Gasteiger partial charge in [0.05, 0.1) is 13.2 Å². The van der Waals surface area contributed by atoms with Crippen LogP contribution in [0.1, 0.15) is 39.5 Å². The van der Waals surface area contributed by atoms with Gasteiger partial charge in [0.25, 0.3) is 0 Å². The number of hydrogen-bond acceptors (Lipinski definition) is 3. The van der Waals surface area contributed by atoms with Crippen molar-refractivity contribution < 1.29 is 4.74 Å². The number of methoxy groups -OCH3 is 1. The minimum Gasteiger partial charge on any atom is -0.383 e. The lowest BCUT2D eigenvalue weighted by Gasteiger charge is -2.33. The Morgan fingerprint density at radius 2 is 2.11 bits per heavy atom. The molecule has 0 amide bonds. The molecule has 0 bridgehead atoms. The van der Waals surface area contributed by atoms with Crippen LogP contribution in [0.15, 0.2) is 4.99 Å². The number of rotatable bonds is 6. The van der Waals surface area contributed by atoms with Crippen LogP contribution in [-0.4, -0.2) is 43.7 Å². The van der Waals surface area contributed by atoms with Crippen molar-refractivity contribution in [3.05, 3.63) is 0 Å². The van der Waals surface area contributed by atoms with Gasteiger partial charge in [0.15, 0.2) is 0 Å². The van der Waals surface area contributed by atoms with Crippen molar-refractivity contribution in [1.29, 1.82) is 0 Å². The van der Waals surface area contributed by atoms with Crippen LogP contribution in [0.4, 0.5) is 0 Å². The molecule has 0 spiro atoms. The van der Waals surface area contributed by atoms with E-state index >= 15 is 0 Å². The molecule has 0 unspecified atom stereocenters. The minimum atomic E-state index is 0.588. The second-order valence-electron chi connectivity index (χ2n) is 5.33. The third-order valence-corrected chi connectivity index (χ3v) is 3.29. The van der Waals surface area contributed by atoms with Crippen LogP contribution in [0.3, 0.4) is 0 Å². The number of aliphatic imine (C=N–C) groups is 1. The van der Waals surface area contributed by atoms with Crippen molar-refractivity contribution in [2.24, 2.45) is 16.8 Å². The number of hydrazine groups is 1. The van der Waals surface area contributed by atoms with E-state index in [1.165, 1.54) is 25.7 Å². The molecule has 0 atom stereocenters. The molecule has 106 valence electrons. The molecule has 1 fully saturated rings. The third kappa shape index (κ3) is 4.82.